The zero-order chi connectivity index (χ0) is 13.4. The molecule has 2 aliphatic rings. The van der Waals surface area contributed by atoms with Gasteiger partial charge in [0.2, 0.25) is 0 Å². The number of likely N-dealkylation sites (tertiary alicyclic amines) is 1. The van der Waals surface area contributed by atoms with Gasteiger partial charge in [0.15, 0.2) is 0 Å². The Morgan fingerprint density at radius 1 is 1.26 bits per heavy atom. The first-order chi connectivity index (χ1) is 9.18. The van der Waals surface area contributed by atoms with Crippen molar-refractivity contribution in [1.82, 2.24) is 4.90 Å². The summed E-state index contributed by atoms with van der Waals surface area (Å²) in [5.41, 5.74) is 7.66. The number of nitrogens with two attached hydrogens (primary N) is 1. The Labute approximate surface area is 115 Å². The van der Waals surface area contributed by atoms with Crippen molar-refractivity contribution in [2.45, 2.75) is 44.8 Å². The van der Waals surface area contributed by atoms with Crippen LogP contribution in [0.5, 0.6) is 5.75 Å². The van der Waals surface area contributed by atoms with Crippen molar-refractivity contribution in [3.8, 4) is 5.75 Å². The van der Waals surface area contributed by atoms with Crippen LogP contribution in [0.1, 0.15) is 38.3 Å². The van der Waals surface area contributed by atoms with E-state index in [1.54, 1.807) is 0 Å². The predicted molar refractivity (Wildman–Crippen MR) is 77.2 cm³/mol. The van der Waals surface area contributed by atoms with Gasteiger partial charge in [0, 0.05) is 11.6 Å². The molecule has 0 radical (unpaired) electrons. The molecule has 2 heterocycles. The molecule has 0 amide bonds. The average Bonchev–Trinajstić information content (AvgIpc) is 2.43. The Morgan fingerprint density at radius 3 is 2.89 bits per heavy atom. The summed E-state index contributed by atoms with van der Waals surface area (Å²) < 4.78 is 5.92. The van der Waals surface area contributed by atoms with E-state index in [0.29, 0.717) is 12.1 Å². The van der Waals surface area contributed by atoms with Crippen LogP contribution in [0.4, 0.5) is 0 Å². The van der Waals surface area contributed by atoms with Crippen LogP contribution < -0.4 is 10.5 Å². The summed E-state index contributed by atoms with van der Waals surface area (Å²) in [4.78, 5) is 2.56. The number of nitrogens with zero attached hydrogens (tertiary/aromatic N) is 1. The summed E-state index contributed by atoms with van der Waals surface area (Å²) in [6.45, 7) is 6.54. The van der Waals surface area contributed by atoms with E-state index in [1.807, 2.05) is 18.2 Å². The van der Waals surface area contributed by atoms with Crippen LogP contribution in [0, 0.1) is 5.92 Å². The highest BCUT2D eigenvalue weighted by molar-refractivity contribution is 5.38. The molecule has 1 fully saturated rings. The van der Waals surface area contributed by atoms with E-state index >= 15 is 0 Å². The second kappa shape index (κ2) is 5.14. The number of rotatable bonds is 1. The molecule has 0 bridgehead atoms. The first kappa shape index (κ1) is 12.9. The third kappa shape index (κ3) is 2.26. The second-order valence-electron chi connectivity index (χ2n) is 6.04. The molecule has 3 nitrogen and oxygen atoms in total. The van der Waals surface area contributed by atoms with Crippen LogP contribution in [-0.4, -0.2) is 30.1 Å². The lowest BCUT2D eigenvalue weighted by molar-refractivity contribution is 0.0229. The molecular weight excluding hydrogens is 236 g/mol. The van der Waals surface area contributed by atoms with Gasteiger partial charge in [-0.1, -0.05) is 25.1 Å². The van der Waals surface area contributed by atoms with Gasteiger partial charge in [0.25, 0.3) is 0 Å². The van der Waals surface area contributed by atoms with Crippen molar-refractivity contribution < 1.29 is 4.74 Å². The van der Waals surface area contributed by atoms with Crippen molar-refractivity contribution in [3.63, 3.8) is 0 Å². The first-order valence-electron chi connectivity index (χ1n) is 7.41. The molecule has 1 saturated heterocycles. The molecule has 0 spiro atoms. The van der Waals surface area contributed by atoms with Crippen LogP contribution >= 0.6 is 0 Å². The fourth-order valence-corrected chi connectivity index (χ4v) is 3.51. The third-order valence-corrected chi connectivity index (χ3v) is 4.95. The van der Waals surface area contributed by atoms with Gasteiger partial charge in [-0.25, -0.2) is 0 Å². The van der Waals surface area contributed by atoms with Gasteiger partial charge in [-0.15, -0.1) is 0 Å². The Morgan fingerprint density at radius 2 is 2.05 bits per heavy atom. The molecule has 4 atom stereocenters. The van der Waals surface area contributed by atoms with Gasteiger partial charge in [-0.05, 0) is 38.3 Å². The SMILES string of the molecule is CC1CCCN(C2COc3ccccc3C2N)C1C. The highest BCUT2D eigenvalue weighted by Gasteiger charge is 2.37. The van der Waals surface area contributed by atoms with Crippen LogP contribution in [0.15, 0.2) is 24.3 Å². The molecular formula is C16H24N2O. The molecule has 3 rings (SSSR count). The van der Waals surface area contributed by atoms with Gasteiger partial charge < -0.3 is 10.5 Å². The quantitative estimate of drug-likeness (QED) is 0.843. The van der Waals surface area contributed by atoms with Crippen LogP contribution in [0.3, 0.4) is 0 Å². The zero-order valence-corrected chi connectivity index (χ0v) is 11.9. The Kier molecular flexibility index (Phi) is 3.50. The highest BCUT2D eigenvalue weighted by atomic mass is 16.5. The van der Waals surface area contributed by atoms with Crippen LogP contribution in [0.25, 0.3) is 0 Å². The fraction of sp³-hybridized carbons (Fsp3) is 0.625. The van der Waals surface area contributed by atoms with E-state index in [9.17, 15) is 0 Å². The van der Waals surface area contributed by atoms with E-state index in [0.717, 1.165) is 30.4 Å². The standard InChI is InChI=1S/C16H24N2O/c1-11-6-5-9-18(12(11)2)14-10-19-15-8-4-3-7-13(15)16(14)17/h3-4,7-8,11-12,14,16H,5-6,9-10,17H2,1-2H3. The van der Waals surface area contributed by atoms with Crippen molar-refractivity contribution in [1.29, 1.82) is 0 Å². The maximum atomic E-state index is 6.51. The average molecular weight is 260 g/mol. The molecule has 19 heavy (non-hydrogen) atoms. The zero-order valence-electron chi connectivity index (χ0n) is 11.9. The molecule has 4 unspecified atom stereocenters. The molecule has 0 saturated carbocycles. The summed E-state index contributed by atoms with van der Waals surface area (Å²) in [6.07, 6.45) is 2.60. The summed E-state index contributed by atoms with van der Waals surface area (Å²) in [5.74, 6) is 1.71. The molecule has 0 aliphatic carbocycles. The van der Waals surface area contributed by atoms with Crippen molar-refractivity contribution in [2.24, 2.45) is 11.7 Å². The first-order valence-corrected chi connectivity index (χ1v) is 7.41. The third-order valence-electron chi connectivity index (χ3n) is 4.95. The summed E-state index contributed by atoms with van der Waals surface area (Å²) >= 11 is 0. The van der Waals surface area contributed by atoms with Crippen molar-refractivity contribution in [3.05, 3.63) is 29.8 Å². The molecule has 2 N–H and O–H groups in total. The lowest BCUT2D eigenvalue weighted by atomic mass is 9.87. The Hall–Kier alpha value is -1.06. The minimum Gasteiger partial charge on any atom is -0.492 e. The predicted octanol–water partition coefficient (Wildman–Crippen LogP) is 2.57. The van der Waals surface area contributed by atoms with Gasteiger partial charge in [-0.3, -0.25) is 4.90 Å². The largest absolute Gasteiger partial charge is 0.492 e. The maximum Gasteiger partial charge on any atom is 0.124 e. The van der Waals surface area contributed by atoms with E-state index < -0.39 is 0 Å². The second-order valence-corrected chi connectivity index (χ2v) is 6.04. The number of para-hydroxylation sites is 1. The fourth-order valence-electron chi connectivity index (χ4n) is 3.51. The molecule has 2 aliphatic heterocycles. The number of benzene rings is 1. The number of hydrogen-bond acceptors (Lipinski definition) is 3. The lowest BCUT2D eigenvalue weighted by Crippen LogP contribution is -2.55. The van der Waals surface area contributed by atoms with E-state index in [1.165, 1.54) is 12.8 Å². The molecule has 1 aromatic rings. The Bertz CT molecular complexity index is 448. The molecule has 1 aromatic carbocycles. The lowest BCUT2D eigenvalue weighted by Gasteiger charge is -2.46. The molecule has 0 aromatic heterocycles. The summed E-state index contributed by atoms with van der Waals surface area (Å²) in [5, 5.41) is 0. The van der Waals surface area contributed by atoms with Crippen LogP contribution in [0.2, 0.25) is 0 Å². The van der Waals surface area contributed by atoms with Crippen molar-refractivity contribution in [2.75, 3.05) is 13.2 Å². The van der Waals surface area contributed by atoms with E-state index in [-0.39, 0.29) is 6.04 Å². The Balaban J connectivity index is 1.83. The monoisotopic (exact) mass is 260 g/mol. The normalized spacial score (nSPS) is 35.5. The topological polar surface area (TPSA) is 38.5 Å². The smallest absolute Gasteiger partial charge is 0.124 e. The van der Waals surface area contributed by atoms with Gasteiger partial charge in [-0.2, -0.15) is 0 Å². The number of fused-ring (bicyclic) bond motifs is 1. The minimum absolute atomic E-state index is 0.0673. The molecule has 3 heteroatoms. The van der Waals surface area contributed by atoms with E-state index in [2.05, 4.69) is 24.8 Å². The van der Waals surface area contributed by atoms with Crippen LogP contribution in [-0.2, 0) is 0 Å². The highest BCUT2D eigenvalue weighted by Crippen LogP contribution is 2.35. The number of hydrogen-bond donors (Lipinski definition) is 1. The minimum atomic E-state index is 0.0673. The maximum absolute atomic E-state index is 6.51. The van der Waals surface area contributed by atoms with E-state index in [4.69, 9.17) is 10.5 Å². The number of ether oxygens (including phenoxy) is 1. The summed E-state index contributed by atoms with van der Waals surface area (Å²) in [6, 6.07) is 9.16. The molecule has 104 valence electrons. The van der Waals surface area contributed by atoms with Gasteiger partial charge >= 0.3 is 0 Å². The number of piperidine rings is 1. The van der Waals surface area contributed by atoms with Gasteiger partial charge in [0.1, 0.15) is 12.4 Å². The summed E-state index contributed by atoms with van der Waals surface area (Å²) in [7, 11) is 0. The van der Waals surface area contributed by atoms with Crippen molar-refractivity contribution >= 4 is 0 Å². The van der Waals surface area contributed by atoms with Gasteiger partial charge in [0.05, 0.1) is 12.1 Å².